The summed E-state index contributed by atoms with van der Waals surface area (Å²) in [5.41, 5.74) is 1.34. The first kappa shape index (κ1) is 21.6. The van der Waals surface area contributed by atoms with Gasteiger partial charge in [-0.05, 0) is 23.6 Å². The number of carbonyl (C=O) groups excluding carboxylic acids is 1. The number of nitrogens with zero attached hydrogens (tertiary/aromatic N) is 1. The Hall–Kier alpha value is -2.74. The Morgan fingerprint density at radius 1 is 1.11 bits per heavy atom. The third-order valence-corrected chi connectivity index (χ3v) is 5.44. The van der Waals surface area contributed by atoms with Crippen molar-refractivity contribution in [2.45, 2.75) is 12.8 Å². The van der Waals surface area contributed by atoms with E-state index in [9.17, 15) is 13.2 Å². The minimum Gasteiger partial charge on any atom is -0.497 e. The van der Waals surface area contributed by atoms with E-state index in [1.165, 1.54) is 20.3 Å². The van der Waals surface area contributed by atoms with Crippen LogP contribution in [0.15, 0.2) is 48.5 Å². The molecule has 1 amide bonds. The first-order chi connectivity index (χ1) is 13.3. The Kier molecular flexibility index (Phi) is 7.28. The van der Waals surface area contributed by atoms with E-state index in [4.69, 9.17) is 9.47 Å². The number of benzene rings is 2. The predicted molar refractivity (Wildman–Crippen MR) is 110 cm³/mol. The highest BCUT2D eigenvalue weighted by atomic mass is 32.2. The van der Waals surface area contributed by atoms with Crippen molar-refractivity contribution in [3.8, 4) is 11.5 Å². The van der Waals surface area contributed by atoms with E-state index in [0.29, 0.717) is 18.0 Å². The molecule has 7 nitrogen and oxygen atoms in total. The molecule has 8 heteroatoms. The lowest BCUT2D eigenvalue weighted by Gasteiger charge is -2.24. The maximum atomic E-state index is 12.5. The number of hydrogen-bond acceptors (Lipinski definition) is 5. The SMILES string of the molecule is COc1ccc(OC)c(N(CC(=O)NC[C@H](C)c2ccccc2)S(C)(=O)=O)c1. The number of methoxy groups -OCH3 is 2. The minimum absolute atomic E-state index is 0.100. The van der Waals surface area contributed by atoms with Gasteiger partial charge in [-0.3, -0.25) is 9.10 Å². The molecule has 0 spiro atoms. The van der Waals surface area contributed by atoms with Gasteiger partial charge in [0.1, 0.15) is 18.0 Å². The Bertz CT molecular complexity index is 900. The van der Waals surface area contributed by atoms with E-state index >= 15 is 0 Å². The number of sulfonamides is 1. The molecule has 1 N–H and O–H groups in total. The molecule has 2 rings (SSSR count). The molecule has 1 atom stereocenters. The number of hydrogen-bond donors (Lipinski definition) is 1. The van der Waals surface area contributed by atoms with E-state index in [1.54, 1.807) is 12.1 Å². The number of rotatable bonds is 9. The predicted octanol–water partition coefficient (Wildman–Crippen LogP) is 2.39. The molecule has 0 saturated carbocycles. The molecular formula is C20H26N2O5S. The number of ether oxygens (including phenoxy) is 2. The summed E-state index contributed by atoms with van der Waals surface area (Å²) in [4.78, 5) is 12.5. The molecule has 152 valence electrons. The van der Waals surface area contributed by atoms with Gasteiger partial charge in [-0.1, -0.05) is 37.3 Å². The molecular weight excluding hydrogens is 380 g/mol. The first-order valence-electron chi connectivity index (χ1n) is 8.77. The summed E-state index contributed by atoms with van der Waals surface area (Å²) in [7, 11) is -0.806. The molecule has 0 aliphatic heterocycles. The van der Waals surface area contributed by atoms with E-state index in [0.717, 1.165) is 16.1 Å². The average Bonchev–Trinajstić information content (AvgIpc) is 2.69. The number of nitrogens with one attached hydrogen (secondary N) is 1. The van der Waals surface area contributed by atoms with Gasteiger partial charge in [0.2, 0.25) is 15.9 Å². The van der Waals surface area contributed by atoms with E-state index in [1.807, 2.05) is 37.3 Å². The third kappa shape index (κ3) is 5.63. The van der Waals surface area contributed by atoms with Crippen molar-refractivity contribution >= 4 is 21.6 Å². The Labute approximate surface area is 166 Å². The highest BCUT2D eigenvalue weighted by Crippen LogP contribution is 2.33. The van der Waals surface area contributed by atoms with E-state index in [2.05, 4.69) is 5.32 Å². The zero-order valence-electron chi connectivity index (χ0n) is 16.5. The zero-order valence-corrected chi connectivity index (χ0v) is 17.3. The lowest BCUT2D eigenvalue weighted by Crippen LogP contribution is -2.41. The molecule has 0 heterocycles. The second-order valence-electron chi connectivity index (χ2n) is 6.42. The molecule has 0 saturated heterocycles. The van der Waals surface area contributed by atoms with Crippen LogP contribution < -0.4 is 19.1 Å². The lowest BCUT2D eigenvalue weighted by atomic mass is 10.0. The second kappa shape index (κ2) is 9.45. The van der Waals surface area contributed by atoms with Crippen molar-refractivity contribution in [1.82, 2.24) is 5.32 Å². The smallest absolute Gasteiger partial charge is 0.240 e. The maximum Gasteiger partial charge on any atom is 0.240 e. The second-order valence-corrected chi connectivity index (χ2v) is 8.33. The topological polar surface area (TPSA) is 84.9 Å². The minimum atomic E-state index is -3.72. The standard InChI is InChI=1S/C20H26N2O5S/c1-15(16-8-6-5-7-9-16)13-21-20(23)14-22(28(4,24)25)18-12-17(26-2)10-11-19(18)27-3/h5-12,15H,13-14H2,1-4H3,(H,21,23)/t15-/m0/s1. The molecule has 2 aromatic carbocycles. The quantitative estimate of drug-likeness (QED) is 0.691. The average molecular weight is 407 g/mol. The van der Waals surface area contributed by atoms with Gasteiger partial charge in [0.05, 0.1) is 26.2 Å². The fraction of sp³-hybridized carbons (Fsp3) is 0.350. The molecule has 0 fully saturated rings. The summed E-state index contributed by atoms with van der Waals surface area (Å²) < 4.78 is 36.1. The van der Waals surface area contributed by atoms with Crippen LogP contribution in [0.4, 0.5) is 5.69 Å². The van der Waals surface area contributed by atoms with Crippen LogP contribution in [-0.2, 0) is 14.8 Å². The fourth-order valence-electron chi connectivity index (χ4n) is 2.73. The molecule has 0 bridgehead atoms. The van der Waals surface area contributed by atoms with Crippen LogP contribution in [0.5, 0.6) is 11.5 Å². The summed E-state index contributed by atoms with van der Waals surface area (Å²) in [5.74, 6) is 0.487. The summed E-state index contributed by atoms with van der Waals surface area (Å²) in [6.45, 7) is 2.04. The lowest BCUT2D eigenvalue weighted by molar-refractivity contribution is -0.119. The highest BCUT2D eigenvalue weighted by molar-refractivity contribution is 7.92. The van der Waals surface area contributed by atoms with Crippen LogP contribution in [0.2, 0.25) is 0 Å². The van der Waals surface area contributed by atoms with Crippen LogP contribution >= 0.6 is 0 Å². The van der Waals surface area contributed by atoms with Gasteiger partial charge in [0.25, 0.3) is 0 Å². The maximum absolute atomic E-state index is 12.5. The molecule has 0 aliphatic rings. The number of amides is 1. The van der Waals surface area contributed by atoms with Crippen molar-refractivity contribution in [1.29, 1.82) is 0 Å². The summed E-state index contributed by atoms with van der Waals surface area (Å²) >= 11 is 0. The van der Waals surface area contributed by atoms with Gasteiger partial charge in [-0.25, -0.2) is 8.42 Å². The van der Waals surface area contributed by atoms with E-state index in [-0.39, 0.29) is 18.2 Å². The van der Waals surface area contributed by atoms with Gasteiger partial charge in [0, 0.05) is 12.6 Å². The van der Waals surface area contributed by atoms with Gasteiger partial charge in [-0.2, -0.15) is 0 Å². The summed E-state index contributed by atoms with van der Waals surface area (Å²) in [6, 6.07) is 14.6. The third-order valence-electron chi connectivity index (χ3n) is 4.32. The molecule has 0 aliphatic carbocycles. The molecule has 2 aromatic rings. The highest BCUT2D eigenvalue weighted by Gasteiger charge is 2.24. The van der Waals surface area contributed by atoms with Crippen LogP contribution in [0.3, 0.4) is 0 Å². The van der Waals surface area contributed by atoms with Crippen molar-refractivity contribution in [3.05, 3.63) is 54.1 Å². The van der Waals surface area contributed by atoms with Crippen LogP contribution in [0.1, 0.15) is 18.4 Å². The first-order valence-corrected chi connectivity index (χ1v) is 10.6. The normalized spacial score (nSPS) is 12.1. The summed E-state index contributed by atoms with van der Waals surface area (Å²) in [5, 5.41) is 2.80. The monoisotopic (exact) mass is 406 g/mol. The molecule has 0 radical (unpaired) electrons. The van der Waals surface area contributed by atoms with Crippen LogP contribution in [-0.4, -0.2) is 47.9 Å². The van der Waals surface area contributed by atoms with Crippen molar-refractivity contribution in [2.75, 3.05) is 37.9 Å². The van der Waals surface area contributed by atoms with E-state index < -0.39 is 15.9 Å². The zero-order chi connectivity index (χ0) is 20.7. The summed E-state index contributed by atoms with van der Waals surface area (Å²) in [6.07, 6.45) is 1.05. The fourth-order valence-corrected chi connectivity index (χ4v) is 3.58. The van der Waals surface area contributed by atoms with Gasteiger partial charge in [-0.15, -0.1) is 0 Å². The molecule has 0 unspecified atom stereocenters. The van der Waals surface area contributed by atoms with Crippen molar-refractivity contribution < 1.29 is 22.7 Å². The Morgan fingerprint density at radius 3 is 2.36 bits per heavy atom. The van der Waals surface area contributed by atoms with Crippen molar-refractivity contribution in [3.63, 3.8) is 0 Å². The molecule has 0 aromatic heterocycles. The van der Waals surface area contributed by atoms with Crippen LogP contribution in [0.25, 0.3) is 0 Å². The molecule has 28 heavy (non-hydrogen) atoms. The van der Waals surface area contributed by atoms with Gasteiger partial charge >= 0.3 is 0 Å². The number of carbonyl (C=O) groups is 1. The number of anilines is 1. The largest absolute Gasteiger partial charge is 0.497 e. The van der Waals surface area contributed by atoms with Gasteiger partial charge < -0.3 is 14.8 Å². The van der Waals surface area contributed by atoms with Crippen LogP contribution in [0, 0.1) is 0 Å². The van der Waals surface area contributed by atoms with Gasteiger partial charge in [0.15, 0.2) is 0 Å². The Morgan fingerprint density at radius 2 is 1.79 bits per heavy atom. The van der Waals surface area contributed by atoms with Crippen molar-refractivity contribution in [2.24, 2.45) is 0 Å². The Balaban J connectivity index is 2.16.